The normalized spacial score (nSPS) is 14.6. The fraction of sp³-hybridized carbons (Fsp3) is 0.333. The Morgan fingerprint density at radius 3 is 2.56 bits per heavy atom. The Labute approximate surface area is 112 Å². The summed E-state index contributed by atoms with van der Waals surface area (Å²) >= 11 is 1.77. The van der Waals surface area contributed by atoms with Crippen LogP contribution in [0.3, 0.4) is 0 Å². The number of benzene rings is 2. The van der Waals surface area contributed by atoms with Crippen LogP contribution in [0, 0.1) is 0 Å². The van der Waals surface area contributed by atoms with E-state index in [1.807, 2.05) is 14.0 Å². The van der Waals surface area contributed by atoms with Crippen molar-refractivity contribution in [2.75, 3.05) is 19.4 Å². The molecule has 0 aliphatic rings. The van der Waals surface area contributed by atoms with Crippen LogP contribution in [0.2, 0.25) is 0 Å². The van der Waals surface area contributed by atoms with Crippen molar-refractivity contribution in [3.05, 3.63) is 42.5 Å². The van der Waals surface area contributed by atoms with E-state index in [0.717, 1.165) is 5.75 Å². The van der Waals surface area contributed by atoms with Crippen LogP contribution >= 0.6 is 11.8 Å². The largest absolute Gasteiger partial charge is 0.394 e. The summed E-state index contributed by atoms with van der Waals surface area (Å²) in [6, 6.07) is 14.8. The van der Waals surface area contributed by atoms with Gasteiger partial charge in [-0.25, -0.2) is 0 Å². The second kappa shape index (κ2) is 5.74. The van der Waals surface area contributed by atoms with Crippen molar-refractivity contribution >= 4 is 22.5 Å². The molecule has 96 valence electrons. The first kappa shape index (κ1) is 13.4. The van der Waals surface area contributed by atoms with Gasteiger partial charge in [-0.1, -0.05) is 30.3 Å². The monoisotopic (exact) mass is 261 g/mol. The maximum atomic E-state index is 9.36. The molecule has 0 aliphatic carbocycles. The van der Waals surface area contributed by atoms with E-state index in [1.165, 1.54) is 15.7 Å². The molecule has 2 aromatic carbocycles. The van der Waals surface area contributed by atoms with Crippen LogP contribution in [0.1, 0.15) is 6.92 Å². The van der Waals surface area contributed by atoms with Crippen LogP contribution in [0.15, 0.2) is 47.4 Å². The zero-order valence-corrected chi connectivity index (χ0v) is 11.6. The molecule has 0 radical (unpaired) electrons. The smallest absolute Gasteiger partial charge is 0.0618 e. The maximum absolute atomic E-state index is 9.36. The van der Waals surface area contributed by atoms with Crippen LogP contribution in [-0.4, -0.2) is 30.1 Å². The van der Waals surface area contributed by atoms with Crippen molar-refractivity contribution in [3.63, 3.8) is 0 Å². The molecule has 0 fully saturated rings. The molecule has 0 aromatic heterocycles. The van der Waals surface area contributed by atoms with E-state index in [1.54, 1.807) is 11.8 Å². The standard InChI is InChI=1S/C15H19NOS/c1-15(10-17,16-2)11-18-14-8-7-12-5-3-4-6-13(12)9-14/h3-9,16-17H,10-11H2,1-2H3. The van der Waals surface area contributed by atoms with Gasteiger partial charge in [0.05, 0.1) is 6.61 Å². The lowest BCUT2D eigenvalue weighted by atomic mass is 10.1. The average Bonchev–Trinajstić information content (AvgIpc) is 2.44. The van der Waals surface area contributed by atoms with Gasteiger partial charge in [0.25, 0.3) is 0 Å². The van der Waals surface area contributed by atoms with E-state index in [2.05, 4.69) is 47.8 Å². The molecule has 0 saturated heterocycles. The van der Waals surface area contributed by atoms with Gasteiger partial charge in [0.2, 0.25) is 0 Å². The highest BCUT2D eigenvalue weighted by Crippen LogP contribution is 2.26. The van der Waals surface area contributed by atoms with E-state index in [-0.39, 0.29) is 12.1 Å². The predicted octanol–water partition coefficient (Wildman–Crippen LogP) is 2.90. The van der Waals surface area contributed by atoms with E-state index in [9.17, 15) is 5.11 Å². The summed E-state index contributed by atoms with van der Waals surface area (Å²) < 4.78 is 0. The summed E-state index contributed by atoms with van der Waals surface area (Å²) in [5, 5.41) is 15.0. The molecular formula is C15H19NOS. The van der Waals surface area contributed by atoms with Gasteiger partial charge in [-0.15, -0.1) is 11.8 Å². The molecule has 0 amide bonds. The molecule has 1 unspecified atom stereocenters. The molecule has 2 nitrogen and oxygen atoms in total. The van der Waals surface area contributed by atoms with Crippen LogP contribution in [0.25, 0.3) is 10.8 Å². The molecule has 0 saturated carbocycles. The second-order valence-corrected chi connectivity index (χ2v) is 5.82. The van der Waals surface area contributed by atoms with Gasteiger partial charge in [-0.2, -0.15) is 0 Å². The van der Waals surface area contributed by atoms with Gasteiger partial charge in [0.15, 0.2) is 0 Å². The van der Waals surface area contributed by atoms with Crippen molar-refractivity contribution in [2.45, 2.75) is 17.4 Å². The van der Waals surface area contributed by atoms with Crippen molar-refractivity contribution in [3.8, 4) is 0 Å². The Hall–Kier alpha value is -1.03. The third-order valence-corrected chi connectivity index (χ3v) is 4.60. The predicted molar refractivity (Wildman–Crippen MR) is 79.2 cm³/mol. The second-order valence-electron chi connectivity index (χ2n) is 4.77. The van der Waals surface area contributed by atoms with E-state index in [4.69, 9.17) is 0 Å². The molecule has 0 bridgehead atoms. The number of aliphatic hydroxyl groups excluding tert-OH is 1. The van der Waals surface area contributed by atoms with Crippen molar-refractivity contribution in [2.24, 2.45) is 0 Å². The third kappa shape index (κ3) is 3.05. The Kier molecular flexibility index (Phi) is 4.27. The number of nitrogens with one attached hydrogen (secondary N) is 1. The van der Waals surface area contributed by atoms with Crippen LogP contribution < -0.4 is 5.32 Å². The first-order valence-corrected chi connectivity index (χ1v) is 7.07. The highest BCUT2D eigenvalue weighted by molar-refractivity contribution is 7.99. The Morgan fingerprint density at radius 1 is 1.17 bits per heavy atom. The van der Waals surface area contributed by atoms with Crippen LogP contribution in [0.4, 0.5) is 0 Å². The molecule has 18 heavy (non-hydrogen) atoms. The highest BCUT2D eigenvalue weighted by Gasteiger charge is 2.20. The minimum absolute atomic E-state index is 0.143. The fourth-order valence-electron chi connectivity index (χ4n) is 1.70. The Morgan fingerprint density at radius 2 is 1.89 bits per heavy atom. The Balaban J connectivity index is 2.12. The zero-order chi connectivity index (χ0) is 13.0. The maximum Gasteiger partial charge on any atom is 0.0618 e. The lowest BCUT2D eigenvalue weighted by Gasteiger charge is -2.26. The molecule has 3 heteroatoms. The molecule has 0 spiro atoms. The van der Waals surface area contributed by atoms with Crippen LogP contribution in [-0.2, 0) is 0 Å². The number of aliphatic hydroxyl groups is 1. The quantitative estimate of drug-likeness (QED) is 0.812. The number of thioether (sulfide) groups is 1. The van der Waals surface area contributed by atoms with E-state index >= 15 is 0 Å². The SMILES string of the molecule is CNC(C)(CO)CSc1ccc2ccccc2c1. The fourth-order valence-corrected chi connectivity index (χ4v) is 2.79. The van der Waals surface area contributed by atoms with E-state index < -0.39 is 0 Å². The van der Waals surface area contributed by atoms with Gasteiger partial charge >= 0.3 is 0 Å². The third-order valence-electron chi connectivity index (χ3n) is 3.23. The topological polar surface area (TPSA) is 32.3 Å². The summed E-state index contributed by atoms with van der Waals surface area (Å²) in [5.41, 5.74) is -0.226. The van der Waals surface area contributed by atoms with Crippen molar-refractivity contribution < 1.29 is 5.11 Å². The molecule has 0 heterocycles. The number of likely N-dealkylation sites (N-methyl/N-ethyl adjacent to an activating group) is 1. The van der Waals surface area contributed by atoms with Gasteiger partial charge in [-0.05, 0) is 36.9 Å². The lowest BCUT2D eigenvalue weighted by molar-refractivity contribution is 0.200. The number of hydrogen-bond acceptors (Lipinski definition) is 3. The van der Waals surface area contributed by atoms with Gasteiger partial charge < -0.3 is 10.4 Å². The molecule has 2 N–H and O–H groups in total. The molecule has 2 rings (SSSR count). The summed E-state index contributed by atoms with van der Waals surface area (Å²) in [6.45, 7) is 2.17. The summed E-state index contributed by atoms with van der Waals surface area (Å²) in [7, 11) is 1.89. The van der Waals surface area contributed by atoms with Crippen molar-refractivity contribution in [1.82, 2.24) is 5.32 Å². The number of fused-ring (bicyclic) bond motifs is 1. The minimum Gasteiger partial charge on any atom is -0.394 e. The molecule has 1 atom stereocenters. The number of rotatable bonds is 5. The molecule has 2 aromatic rings. The molecular weight excluding hydrogens is 242 g/mol. The first-order chi connectivity index (χ1) is 8.67. The minimum atomic E-state index is -0.226. The summed E-state index contributed by atoms with van der Waals surface area (Å²) in [4.78, 5) is 1.24. The van der Waals surface area contributed by atoms with Gasteiger partial charge in [-0.3, -0.25) is 0 Å². The summed E-state index contributed by atoms with van der Waals surface area (Å²) in [5.74, 6) is 0.846. The Bertz CT molecular complexity index is 523. The van der Waals surface area contributed by atoms with E-state index in [0.29, 0.717) is 0 Å². The van der Waals surface area contributed by atoms with Gasteiger partial charge in [0, 0.05) is 16.2 Å². The summed E-state index contributed by atoms with van der Waals surface area (Å²) in [6.07, 6.45) is 0. The molecule has 0 aliphatic heterocycles. The lowest BCUT2D eigenvalue weighted by Crippen LogP contribution is -2.45. The zero-order valence-electron chi connectivity index (χ0n) is 10.8. The number of hydrogen-bond donors (Lipinski definition) is 2. The van der Waals surface area contributed by atoms with Crippen molar-refractivity contribution in [1.29, 1.82) is 0 Å². The van der Waals surface area contributed by atoms with Crippen LogP contribution in [0.5, 0.6) is 0 Å². The van der Waals surface area contributed by atoms with Gasteiger partial charge in [0.1, 0.15) is 0 Å². The first-order valence-electron chi connectivity index (χ1n) is 6.08. The average molecular weight is 261 g/mol. The highest BCUT2D eigenvalue weighted by atomic mass is 32.2.